The quantitative estimate of drug-likeness (QED) is 0.0174. The SMILES string of the molecule is Brc1cccc2sc3ccccc3c12.C.C1CCOC1.CSc1ccccc1-c1ccccc1Br.CSc1ccccc1-c1ccccc1Br.CSc1ccccc1I.O.O=S(=O)(O)C(F)(F)F.OO.O[B]Oc1cccc2sc3ccccc3c12.O[B]Oc1ccccc1Br. The summed E-state index contributed by atoms with van der Waals surface area (Å²) in [5.74, 6) is 1.29. The van der Waals surface area contributed by atoms with E-state index in [4.69, 9.17) is 47.6 Å². The zero-order valence-electron chi connectivity index (χ0n) is 50.7. The third kappa shape index (κ3) is 26.9. The lowest BCUT2D eigenvalue weighted by Crippen LogP contribution is -2.21. The maximum absolute atomic E-state index is 10.7. The molecule has 0 bridgehead atoms. The van der Waals surface area contributed by atoms with Gasteiger partial charge in [0.25, 0.3) is 0 Å². The van der Waals surface area contributed by atoms with Gasteiger partial charge < -0.3 is 29.6 Å². The molecule has 2 radical (unpaired) electrons. The lowest BCUT2D eigenvalue weighted by atomic mass is 10.1. The van der Waals surface area contributed by atoms with Crippen LogP contribution in [-0.2, 0) is 14.9 Å². The van der Waals surface area contributed by atoms with Gasteiger partial charge in [-0.25, -0.2) is 0 Å². The number of thioether (sulfide) groups is 3. The van der Waals surface area contributed by atoms with E-state index in [2.05, 4.69) is 275 Å². The molecule has 1 aliphatic rings. The molecule has 13 rings (SSSR count). The van der Waals surface area contributed by atoms with Crippen molar-refractivity contribution in [3.63, 3.8) is 0 Å². The lowest BCUT2D eigenvalue weighted by Gasteiger charge is -2.08. The normalized spacial score (nSPS) is 11.0. The summed E-state index contributed by atoms with van der Waals surface area (Å²) in [5.41, 5.74) is -0.452. The monoisotopic (exact) mass is 1780 g/mol. The Labute approximate surface area is 627 Å². The van der Waals surface area contributed by atoms with Gasteiger partial charge >= 0.3 is 31.0 Å². The van der Waals surface area contributed by atoms with Gasteiger partial charge in [0, 0.05) is 85.2 Å². The number of alkyl halides is 3. The molecular formula is C69H66B2Br4F3IO11S6. The standard InChI is InChI=1S/2C13H11BrS.C12H8BO2S.C12H7BrS.C7H7IS.C6H5BBrO2.C4H8O.CHF3O3S.CH4.H2O2.H2O/c2*1-15-13-9-5-3-7-11(13)10-6-2-4-8-12(10)14;14-13-15-9-5-3-7-11-12(9)8-4-1-2-6-10(8)16-11;13-9-5-3-7-11-12(9)8-4-1-2-6-10(8)14-11;1-9-7-5-3-2-4-6(7)8;8-5-3-1-2-4-6(5)10-7-9;1-2-4-5-3-1;2-1(3,4)8(5,6)7;;1-2;/h2*2-9H,1H3;1-7,14H;1-7H;2-5H,1H3;1-4,9H;1-4H2;(H,5,6,7);1H4;1-2H;1H2. The van der Waals surface area contributed by atoms with Crippen molar-refractivity contribution in [3.8, 4) is 33.8 Å². The Morgan fingerprint density at radius 1 is 0.469 bits per heavy atom. The smallest absolute Gasteiger partial charge is 0.537 e. The fourth-order valence-corrected chi connectivity index (χ4v) is 15.5. The van der Waals surface area contributed by atoms with Gasteiger partial charge in [-0.15, -0.1) is 58.0 Å². The first-order valence-electron chi connectivity index (χ1n) is 27.7. The van der Waals surface area contributed by atoms with E-state index in [-0.39, 0.29) is 12.9 Å². The second-order valence-electron chi connectivity index (χ2n) is 18.6. The zero-order chi connectivity index (χ0) is 68.5. The Hall–Kier alpha value is -4.47. The molecule has 12 aromatic rings. The summed E-state index contributed by atoms with van der Waals surface area (Å²) in [4.78, 5) is 3.98. The molecule has 11 nitrogen and oxygen atoms in total. The van der Waals surface area contributed by atoms with Crippen molar-refractivity contribution in [1.82, 2.24) is 0 Å². The molecule has 0 atom stereocenters. The molecule has 0 unspecified atom stereocenters. The number of hydrogen-bond acceptors (Lipinski definition) is 14. The van der Waals surface area contributed by atoms with E-state index in [9.17, 15) is 13.2 Å². The van der Waals surface area contributed by atoms with Crippen molar-refractivity contribution in [2.24, 2.45) is 0 Å². The third-order valence-electron chi connectivity index (χ3n) is 12.6. The number of benzene rings is 10. The van der Waals surface area contributed by atoms with Crippen molar-refractivity contribution in [2.75, 3.05) is 32.0 Å². The molecule has 506 valence electrons. The van der Waals surface area contributed by atoms with Crippen LogP contribution in [0.2, 0.25) is 0 Å². The molecule has 0 spiro atoms. The minimum atomic E-state index is -5.84. The number of fused-ring (bicyclic) bond motifs is 6. The van der Waals surface area contributed by atoms with Crippen molar-refractivity contribution in [1.29, 1.82) is 0 Å². The van der Waals surface area contributed by atoms with Gasteiger partial charge in [0.05, 0.1) is 4.47 Å². The Morgan fingerprint density at radius 3 is 1.21 bits per heavy atom. The number of thiophene rings is 2. The summed E-state index contributed by atoms with van der Waals surface area (Å²) in [6.45, 7) is 2.00. The average molecular weight is 1790 g/mol. The van der Waals surface area contributed by atoms with Crippen LogP contribution in [0.3, 0.4) is 0 Å². The van der Waals surface area contributed by atoms with E-state index < -0.39 is 15.6 Å². The fourth-order valence-electron chi connectivity index (χ4n) is 8.44. The van der Waals surface area contributed by atoms with Crippen molar-refractivity contribution in [2.45, 2.75) is 40.5 Å². The highest BCUT2D eigenvalue weighted by Crippen LogP contribution is 2.41. The van der Waals surface area contributed by atoms with Crippen LogP contribution in [0.25, 0.3) is 62.6 Å². The Morgan fingerprint density at radius 2 is 0.802 bits per heavy atom. The molecule has 0 amide bonds. The van der Waals surface area contributed by atoms with Crippen molar-refractivity contribution >= 4 is 210 Å². The van der Waals surface area contributed by atoms with Crippen LogP contribution in [-0.4, -0.2) is 91.9 Å². The van der Waals surface area contributed by atoms with Crippen LogP contribution >= 0.6 is 144 Å². The van der Waals surface area contributed by atoms with Crippen molar-refractivity contribution < 1.29 is 66.2 Å². The van der Waals surface area contributed by atoms with E-state index in [0.717, 1.165) is 39.7 Å². The number of rotatable bonds is 9. The summed E-state index contributed by atoms with van der Waals surface area (Å²) in [5, 5.41) is 33.9. The van der Waals surface area contributed by atoms with Gasteiger partial charge in [-0.3, -0.25) is 15.1 Å². The van der Waals surface area contributed by atoms with Gasteiger partial charge in [0.2, 0.25) is 0 Å². The highest BCUT2D eigenvalue weighted by molar-refractivity contribution is 14.1. The number of para-hydroxylation sites is 1. The minimum Gasteiger partial charge on any atom is -0.537 e. The molecule has 0 aliphatic carbocycles. The van der Waals surface area contributed by atoms with Gasteiger partial charge in [-0.2, -0.15) is 21.6 Å². The molecule has 2 aromatic heterocycles. The molecule has 27 heteroatoms. The van der Waals surface area contributed by atoms with Crippen LogP contribution < -0.4 is 9.31 Å². The second-order valence-corrected chi connectivity index (χ2v) is 29.3. The van der Waals surface area contributed by atoms with Gasteiger partial charge in [-0.05, 0) is 177 Å². The number of hydrogen-bond donors (Lipinski definition) is 5. The summed E-state index contributed by atoms with van der Waals surface area (Å²) >= 11 is 25.3. The van der Waals surface area contributed by atoms with Crippen LogP contribution in [0.5, 0.6) is 11.5 Å². The van der Waals surface area contributed by atoms with Crippen molar-refractivity contribution in [3.05, 3.63) is 252 Å². The molecule has 3 heterocycles. The Kier molecular flexibility index (Phi) is 41.1. The maximum Gasteiger partial charge on any atom is 0.569 e. The first kappa shape index (κ1) is 85.8. The third-order valence-corrected chi connectivity index (χ3v) is 21.9. The highest BCUT2D eigenvalue weighted by Gasteiger charge is 2.44. The summed E-state index contributed by atoms with van der Waals surface area (Å²) < 4.78 is 83.1. The molecule has 1 fully saturated rings. The summed E-state index contributed by atoms with van der Waals surface area (Å²) in [6, 6.07) is 78.1. The molecule has 0 saturated carbocycles. The maximum atomic E-state index is 10.7. The predicted octanol–water partition coefficient (Wildman–Crippen LogP) is 22.8. The summed E-state index contributed by atoms with van der Waals surface area (Å²) in [7, 11) is -4.46. The van der Waals surface area contributed by atoms with Crippen LogP contribution in [0, 0.1) is 3.57 Å². The van der Waals surface area contributed by atoms with Crippen LogP contribution in [0.15, 0.2) is 263 Å². The Balaban J connectivity index is 0.000000289. The second kappa shape index (κ2) is 46.1. The van der Waals surface area contributed by atoms with Gasteiger partial charge in [0.15, 0.2) is 0 Å². The number of ether oxygens (including phenoxy) is 1. The molecular weight excluding hydrogens is 1720 g/mol. The lowest BCUT2D eigenvalue weighted by molar-refractivity contribution is -0.176. The molecule has 7 N–H and O–H groups in total. The Bertz CT molecular complexity index is 4270. The molecule has 96 heavy (non-hydrogen) atoms. The first-order chi connectivity index (χ1) is 45.3. The van der Waals surface area contributed by atoms with E-state index in [1.54, 1.807) is 52.7 Å². The molecule has 1 saturated heterocycles. The molecule has 10 aromatic carbocycles. The highest BCUT2D eigenvalue weighted by atomic mass is 127. The summed E-state index contributed by atoms with van der Waals surface area (Å²) in [6.07, 6.45) is 8.86. The van der Waals surface area contributed by atoms with Crippen LogP contribution in [0.1, 0.15) is 20.3 Å². The fraction of sp³-hybridized carbons (Fsp3) is 0.130. The van der Waals surface area contributed by atoms with Gasteiger partial charge in [-0.1, -0.05) is 201 Å². The predicted molar refractivity (Wildman–Crippen MR) is 425 cm³/mol. The largest absolute Gasteiger partial charge is 0.569 e. The number of halogens is 8. The van der Waals surface area contributed by atoms with E-state index >= 15 is 0 Å². The van der Waals surface area contributed by atoms with Gasteiger partial charge in [0.1, 0.15) is 11.5 Å². The van der Waals surface area contributed by atoms with E-state index in [0.29, 0.717) is 19.2 Å². The average Bonchev–Trinajstić information content (AvgIpc) is 1.62. The first-order valence-corrected chi connectivity index (χ1v) is 38.7. The van der Waals surface area contributed by atoms with Crippen LogP contribution in [0.4, 0.5) is 13.2 Å². The molecule has 1 aliphatic heterocycles. The zero-order valence-corrected chi connectivity index (χ0v) is 64.1. The van der Waals surface area contributed by atoms with E-state index in [1.165, 1.54) is 92.8 Å². The topological polar surface area (TPSA) is 194 Å². The minimum absolute atomic E-state index is 0. The van der Waals surface area contributed by atoms with E-state index in [1.807, 2.05) is 65.9 Å².